The number of nitrogens with one attached hydrogen (secondary N) is 1. The van der Waals surface area contributed by atoms with Crippen molar-refractivity contribution >= 4 is 18.1 Å². The minimum atomic E-state index is -0.370. The van der Waals surface area contributed by atoms with E-state index in [4.69, 9.17) is 4.74 Å². The first-order valence-electron chi connectivity index (χ1n) is 9.40. The summed E-state index contributed by atoms with van der Waals surface area (Å²) in [6.45, 7) is 0.357. The van der Waals surface area contributed by atoms with Crippen LogP contribution in [0, 0.1) is 0 Å². The van der Waals surface area contributed by atoms with E-state index in [2.05, 4.69) is 15.3 Å². The highest BCUT2D eigenvalue weighted by Crippen LogP contribution is 2.15. The lowest BCUT2D eigenvalue weighted by Crippen LogP contribution is -2.19. The largest absolute Gasteiger partial charge is 0.489 e. The number of nitrogens with zero attached hydrogens (tertiary/aromatic N) is 1. The van der Waals surface area contributed by atoms with Gasteiger partial charge in [-0.3, -0.25) is 4.79 Å². The highest BCUT2D eigenvalue weighted by Gasteiger charge is 2.05. The summed E-state index contributed by atoms with van der Waals surface area (Å²) >= 11 is 0. The monoisotopic (exact) mass is 402 g/mol. The van der Waals surface area contributed by atoms with Crippen molar-refractivity contribution in [3.05, 3.63) is 101 Å². The Labute approximate surface area is 175 Å². The Hall–Kier alpha value is -3.93. The van der Waals surface area contributed by atoms with E-state index in [0.29, 0.717) is 17.9 Å². The highest BCUT2D eigenvalue weighted by molar-refractivity contribution is 5.89. The summed E-state index contributed by atoms with van der Waals surface area (Å²) in [4.78, 5) is 23.4. The van der Waals surface area contributed by atoms with E-state index in [1.54, 1.807) is 18.3 Å². The first-order valence-corrected chi connectivity index (χ1v) is 9.40. The van der Waals surface area contributed by atoms with Crippen LogP contribution < -0.4 is 10.2 Å². The average molecular weight is 402 g/mol. The molecule has 0 bridgehead atoms. The maximum atomic E-state index is 11.9. The number of amides is 1. The van der Waals surface area contributed by atoms with Gasteiger partial charge in [0.05, 0.1) is 25.3 Å². The molecule has 0 spiro atoms. The fraction of sp³-hybridized carbons (Fsp3) is 0.125. The second-order valence-electron chi connectivity index (χ2n) is 6.51. The van der Waals surface area contributed by atoms with Gasteiger partial charge in [-0.2, -0.15) is 5.10 Å². The molecule has 0 atom stereocenters. The number of hydrogen-bond acceptors (Lipinski definition) is 5. The predicted octanol–water partition coefficient (Wildman–Crippen LogP) is 3.75. The lowest BCUT2D eigenvalue weighted by molar-refractivity contribution is -0.120. The number of carbonyl (C=O) groups excluding carboxylic acids is 2. The Balaban J connectivity index is 1.51. The molecule has 0 aliphatic rings. The highest BCUT2D eigenvalue weighted by atomic mass is 16.5. The van der Waals surface area contributed by atoms with Crippen molar-refractivity contribution in [1.29, 1.82) is 0 Å². The Morgan fingerprint density at radius 1 is 0.933 bits per heavy atom. The van der Waals surface area contributed by atoms with Crippen LogP contribution in [0.5, 0.6) is 5.75 Å². The van der Waals surface area contributed by atoms with E-state index in [0.717, 1.165) is 16.7 Å². The fourth-order valence-electron chi connectivity index (χ4n) is 2.71. The fourth-order valence-corrected chi connectivity index (χ4v) is 2.71. The first kappa shape index (κ1) is 20.8. The molecule has 0 radical (unpaired) electrons. The molecule has 3 rings (SSSR count). The third-order valence-electron chi connectivity index (χ3n) is 4.25. The van der Waals surface area contributed by atoms with Crippen LogP contribution in [0.3, 0.4) is 0 Å². The summed E-state index contributed by atoms with van der Waals surface area (Å²) in [5, 5.41) is 4.01. The summed E-state index contributed by atoms with van der Waals surface area (Å²) in [5.41, 5.74) is 5.68. The van der Waals surface area contributed by atoms with Crippen LogP contribution >= 0.6 is 0 Å². The van der Waals surface area contributed by atoms with E-state index in [-0.39, 0.29) is 18.3 Å². The average Bonchev–Trinajstić information content (AvgIpc) is 2.78. The minimum absolute atomic E-state index is 0.180. The second kappa shape index (κ2) is 10.6. The van der Waals surface area contributed by atoms with Crippen molar-refractivity contribution in [2.45, 2.75) is 13.0 Å². The van der Waals surface area contributed by atoms with Gasteiger partial charge in [0.2, 0.25) is 5.91 Å². The van der Waals surface area contributed by atoms with Gasteiger partial charge in [-0.25, -0.2) is 10.2 Å². The molecule has 0 saturated heterocycles. The van der Waals surface area contributed by atoms with E-state index in [9.17, 15) is 9.59 Å². The van der Waals surface area contributed by atoms with Crippen LogP contribution in [0.2, 0.25) is 0 Å². The van der Waals surface area contributed by atoms with Crippen molar-refractivity contribution in [2.24, 2.45) is 5.10 Å². The lowest BCUT2D eigenvalue weighted by Gasteiger charge is -2.07. The number of benzene rings is 3. The van der Waals surface area contributed by atoms with Crippen LogP contribution in [-0.2, 0) is 22.6 Å². The Morgan fingerprint density at radius 2 is 1.70 bits per heavy atom. The van der Waals surface area contributed by atoms with Gasteiger partial charge in [-0.05, 0) is 41.0 Å². The predicted molar refractivity (Wildman–Crippen MR) is 114 cm³/mol. The Morgan fingerprint density at radius 3 is 2.43 bits per heavy atom. The van der Waals surface area contributed by atoms with Crippen molar-refractivity contribution in [2.75, 3.05) is 7.11 Å². The molecule has 0 aromatic heterocycles. The maximum absolute atomic E-state index is 11.9. The zero-order valence-electron chi connectivity index (χ0n) is 16.6. The topological polar surface area (TPSA) is 77.0 Å². The molecular weight excluding hydrogens is 380 g/mol. The number of rotatable bonds is 8. The van der Waals surface area contributed by atoms with Gasteiger partial charge in [-0.1, -0.05) is 54.6 Å². The Kier molecular flexibility index (Phi) is 7.33. The summed E-state index contributed by atoms with van der Waals surface area (Å²) in [6.07, 6.45) is 1.84. The quantitative estimate of drug-likeness (QED) is 0.354. The van der Waals surface area contributed by atoms with Crippen LogP contribution in [0.1, 0.15) is 27.0 Å². The third-order valence-corrected chi connectivity index (χ3v) is 4.25. The summed E-state index contributed by atoms with van der Waals surface area (Å²) in [5.74, 6) is 0.122. The molecule has 0 fully saturated rings. The van der Waals surface area contributed by atoms with E-state index < -0.39 is 0 Å². The summed E-state index contributed by atoms with van der Waals surface area (Å²) in [6, 6.07) is 23.9. The number of hydrogen-bond donors (Lipinski definition) is 1. The van der Waals surface area contributed by atoms with Gasteiger partial charge >= 0.3 is 5.97 Å². The lowest BCUT2D eigenvalue weighted by atomic mass is 10.1. The smallest absolute Gasteiger partial charge is 0.337 e. The number of esters is 1. The summed E-state index contributed by atoms with van der Waals surface area (Å²) in [7, 11) is 1.35. The maximum Gasteiger partial charge on any atom is 0.337 e. The molecule has 0 aliphatic heterocycles. The number of ether oxygens (including phenoxy) is 2. The third kappa shape index (κ3) is 6.31. The second-order valence-corrected chi connectivity index (χ2v) is 6.51. The van der Waals surface area contributed by atoms with Gasteiger partial charge < -0.3 is 9.47 Å². The molecule has 6 nitrogen and oxygen atoms in total. The molecule has 152 valence electrons. The minimum Gasteiger partial charge on any atom is -0.489 e. The SMILES string of the molecule is COC(=O)c1ccc(COc2cccc(C=NNC(=O)Cc3ccccc3)c2)cc1. The molecule has 0 heterocycles. The molecule has 30 heavy (non-hydrogen) atoms. The van der Waals surface area contributed by atoms with Gasteiger partial charge in [-0.15, -0.1) is 0 Å². The molecule has 3 aromatic rings. The van der Waals surface area contributed by atoms with E-state index in [1.165, 1.54) is 7.11 Å². The normalized spacial score (nSPS) is 10.6. The van der Waals surface area contributed by atoms with Crippen molar-refractivity contribution in [1.82, 2.24) is 5.43 Å². The standard InChI is InChI=1S/C24H22N2O4/c1-29-24(28)21-12-10-19(11-13-21)17-30-22-9-5-8-20(14-22)16-25-26-23(27)15-18-6-3-2-4-7-18/h2-14,16H,15,17H2,1H3,(H,26,27). The van der Waals surface area contributed by atoms with Crippen molar-refractivity contribution in [3.63, 3.8) is 0 Å². The van der Waals surface area contributed by atoms with E-state index >= 15 is 0 Å². The summed E-state index contributed by atoms with van der Waals surface area (Å²) < 4.78 is 10.5. The van der Waals surface area contributed by atoms with Crippen molar-refractivity contribution in [3.8, 4) is 5.75 Å². The number of hydrazone groups is 1. The molecular formula is C24H22N2O4. The number of methoxy groups -OCH3 is 1. The number of carbonyl (C=O) groups is 2. The van der Waals surface area contributed by atoms with Crippen molar-refractivity contribution < 1.29 is 19.1 Å². The van der Waals surface area contributed by atoms with Crippen LogP contribution in [-0.4, -0.2) is 25.2 Å². The Bertz CT molecular complexity index is 1010. The van der Waals surface area contributed by atoms with Crippen LogP contribution in [0.4, 0.5) is 0 Å². The van der Waals surface area contributed by atoms with Gasteiger partial charge in [0, 0.05) is 0 Å². The molecule has 0 saturated carbocycles. The van der Waals surface area contributed by atoms with Gasteiger partial charge in [0.25, 0.3) is 0 Å². The van der Waals surface area contributed by atoms with Gasteiger partial charge in [0.1, 0.15) is 12.4 Å². The zero-order valence-corrected chi connectivity index (χ0v) is 16.6. The van der Waals surface area contributed by atoms with Crippen LogP contribution in [0.25, 0.3) is 0 Å². The first-order chi connectivity index (χ1) is 14.6. The van der Waals surface area contributed by atoms with E-state index in [1.807, 2.05) is 66.7 Å². The molecule has 0 unspecified atom stereocenters. The molecule has 1 amide bonds. The molecule has 0 aliphatic carbocycles. The molecule has 1 N–H and O–H groups in total. The molecule has 6 heteroatoms. The molecule has 3 aromatic carbocycles. The van der Waals surface area contributed by atoms with Crippen LogP contribution in [0.15, 0.2) is 84.0 Å². The zero-order chi connectivity index (χ0) is 21.2. The van der Waals surface area contributed by atoms with Gasteiger partial charge in [0.15, 0.2) is 0 Å².